The van der Waals surface area contributed by atoms with Gasteiger partial charge < -0.3 is 102 Å². The fourth-order valence-electron chi connectivity index (χ4n) is 10.1. The van der Waals surface area contributed by atoms with Gasteiger partial charge >= 0.3 is 0 Å². The zero-order valence-electron chi connectivity index (χ0n) is 36.0. The Morgan fingerprint density at radius 1 is 0.343 bits per heavy atom. The highest BCUT2D eigenvalue weighted by atomic mass is 127. The Balaban J connectivity index is 0.000000190. The summed E-state index contributed by atoms with van der Waals surface area (Å²) in [5.74, 6) is 0. The van der Waals surface area contributed by atoms with Crippen molar-refractivity contribution in [3.63, 3.8) is 0 Å². The number of nitrogens with zero attached hydrogens (tertiary/aromatic N) is 4. The van der Waals surface area contributed by atoms with Gasteiger partial charge in [0.25, 0.3) is 0 Å². The van der Waals surface area contributed by atoms with E-state index in [1.54, 1.807) is 19.6 Å². The van der Waals surface area contributed by atoms with Crippen molar-refractivity contribution < 1.29 is 102 Å². The van der Waals surface area contributed by atoms with Gasteiger partial charge in [-0.25, -0.2) is 0 Å². The average molecular weight is 1370 g/mol. The summed E-state index contributed by atoms with van der Waals surface area (Å²) in [6.45, 7) is -0.503. The first-order valence-corrected chi connectivity index (χ1v) is 39.9. The van der Waals surface area contributed by atoms with Crippen molar-refractivity contribution in [2.24, 2.45) is 0 Å². The van der Waals surface area contributed by atoms with E-state index in [-0.39, 0.29) is 52.6 Å². The minimum Gasteiger partial charge on any atom is -0.395 e. The molecule has 0 unspecified atom stereocenters. The molecule has 0 aromatic carbocycles. The maximum Gasteiger partial charge on any atom is 0.0996 e. The van der Waals surface area contributed by atoms with E-state index in [2.05, 4.69) is 11.7 Å². The van der Waals surface area contributed by atoms with Crippen LogP contribution in [0.2, 0.25) is 0 Å². The Morgan fingerprint density at radius 2 is 0.529 bits per heavy atom. The van der Waals surface area contributed by atoms with Crippen LogP contribution in [-0.4, -0.2) is 320 Å². The molecule has 70 heavy (non-hydrogen) atoms. The second-order valence-electron chi connectivity index (χ2n) is 17.5. The van der Waals surface area contributed by atoms with E-state index in [4.69, 9.17) is 110 Å². The second kappa shape index (κ2) is 25.8. The third kappa shape index (κ3) is 12.7. The van der Waals surface area contributed by atoms with Gasteiger partial charge in [0.1, 0.15) is 0 Å². The first kappa shape index (κ1) is 65.8. The van der Waals surface area contributed by atoms with Gasteiger partial charge in [-0.05, 0) is 89.5 Å². The molecule has 8 fully saturated rings. The number of halogens is 1. The van der Waals surface area contributed by atoms with E-state index in [1.807, 2.05) is 21.2 Å². The predicted molar refractivity (Wildman–Crippen MR) is 293 cm³/mol. The molecule has 8 heterocycles. The SMILES string of the molecule is OC[C@@H]1[C@@H](O)[C@@H](O)[C@H]2[C@@H](O)[C@@H](O)CN21.OC[C@@H]1[C@@H](O)[C@H](O)[C@H]2[C@H](O)[C@@H](O)CN21.OC[C@@H]1[C@@H](O)[C@H](O)[C@H]2[C@H](O)[C@@H](O)CN21.OC[C@@H]1[C@@H](O)[C@H](O)[C@H]2[C@H](O)[C@@H](O)CN21.S=S(=S)(S)S(=S)(=S)S(=S)(=S)S(=S)(=S)I. The van der Waals surface area contributed by atoms with Gasteiger partial charge in [0.2, 0.25) is 0 Å². The Labute approximate surface area is 457 Å². The van der Waals surface area contributed by atoms with Crippen LogP contribution in [0.4, 0.5) is 0 Å². The van der Waals surface area contributed by atoms with Gasteiger partial charge in [-0.15, -0.1) is 0 Å². The molecule has 0 amide bonds. The van der Waals surface area contributed by atoms with Crippen molar-refractivity contribution in [1.82, 2.24) is 19.6 Å². The van der Waals surface area contributed by atoms with Crippen LogP contribution in [0.15, 0.2) is 0 Å². The number of hydrogen-bond acceptors (Lipinski definition) is 32. The highest BCUT2D eigenvalue weighted by Crippen LogP contribution is 2.37. The molecule has 0 aromatic heterocycles. The van der Waals surface area contributed by atoms with Crippen molar-refractivity contribution in [3.8, 4) is 0 Å². The van der Waals surface area contributed by atoms with Gasteiger partial charge in [-0.2, -0.15) is 0 Å². The van der Waals surface area contributed by atoms with Crippen molar-refractivity contribution in [3.05, 3.63) is 0 Å². The van der Waals surface area contributed by atoms with E-state index >= 15 is 0 Å². The Kier molecular flexibility index (Phi) is 24.3. The molecule has 24 nitrogen and oxygen atoms in total. The summed E-state index contributed by atoms with van der Waals surface area (Å²) < 4.78 is -2.03. The van der Waals surface area contributed by atoms with Crippen LogP contribution >= 0.6 is 32.9 Å². The minimum absolute atomic E-state index is 0.172. The third-order valence-corrected chi connectivity index (χ3v) is 81.5. The molecule has 0 saturated carbocycles. The summed E-state index contributed by atoms with van der Waals surface area (Å²) in [7, 11) is 0. The number of fused-ring (bicyclic) bond motifs is 4. The summed E-state index contributed by atoms with van der Waals surface area (Å²) in [6.07, 6.45) is -16.6. The normalized spacial score (nSPS) is 46.1. The highest BCUT2D eigenvalue weighted by Gasteiger charge is 2.59. The van der Waals surface area contributed by atoms with Crippen LogP contribution in [0, 0.1) is 0 Å². The Hall–Kier alpha value is 3.28. The average Bonchev–Trinajstić information content (AvgIpc) is 4.11. The maximum atomic E-state index is 9.58. The molecule has 0 aromatic rings. The van der Waals surface area contributed by atoms with Gasteiger partial charge in [0, 0.05) is 66.4 Å². The summed E-state index contributed by atoms with van der Waals surface area (Å²) in [6, 6.07) is -5.06. The number of hydrogen-bond donors (Lipinski definition) is 21. The van der Waals surface area contributed by atoms with E-state index in [0.717, 1.165) is 0 Å². The molecule has 8 aliphatic heterocycles. The molecule has 0 spiro atoms. The maximum absolute atomic E-state index is 9.58. The predicted octanol–water partition coefficient (Wildman–Crippen LogP) is -12.8. The number of thiol groups is 1. The molecule has 24 atom stereocenters. The third-order valence-electron chi connectivity index (χ3n) is 13.7. The van der Waals surface area contributed by atoms with Crippen LogP contribution < -0.4 is 0 Å². The molecule has 0 bridgehead atoms. The fraction of sp³-hybridized carbons (Fsp3) is 1.00. The fourth-order valence-corrected chi connectivity index (χ4v) is 69.1. The van der Waals surface area contributed by atoms with Crippen LogP contribution in [-0.2, 0) is 108 Å². The van der Waals surface area contributed by atoms with Gasteiger partial charge in [-0.1, -0.05) is 11.7 Å². The first-order chi connectivity index (χ1) is 32.0. The topological polar surface area (TPSA) is 418 Å². The molecular formula is C32H61IN4O20S13. The minimum atomic E-state index is -2.36. The Bertz CT molecular complexity index is 1980. The number of rotatable bonds is 7. The van der Waals surface area contributed by atoms with Crippen molar-refractivity contribution in [1.29, 1.82) is 0 Å². The van der Waals surface area contributed by atoms with Gasteiger partial charge in [0.15, 0.2) is 0 Å². The number of aliphatic hydroxyl groups is 20. The van der Waals surface area contributed by atoms with Crippen LogP contribution in [0.3, 0.4) is 0 Å². The lowest BCUT2D eigenvalue weighted by Crippen LogP contribution is -2.41. The quantitative estimate of drug-likeness (QED) is 0.0487. The zero-order chi connectivity index (χ0) is 53.8. The Morgan fingerprint density at radius 3 is 0.657 bits per heavy atom. The molecule has 8 rings (SSSR count). The monoisotopic (exact) mass is 1360 g/mol. The van der Waals surface area contributed by atoms with Gasteiger partial charge in [0.05, 0.1) is 172 Å². The molecule has 8 aliphatic rings. The van der Waals surface area contributed by atoms with Crippen molar-refractivity contribution in [2.75, 3.05) is 52.6 Å². The summed E-state index contributed by atoms with van der Waals surface area (Å²) in [5.41, 5.74) is 0. The number of aliphatic hydroxyl groups excluding tert-OH is 20. The van der Waals surface area contributed by atoms with Crippen LogP contribution in [0.1, 0.15) is 0 Å². The standard InChI is InChI=1S/4C8H15NO5.HIS13/c4*10-2-3-6(12)8(14)5-7(13)4(11)1-9(3)5;1-11(2,3)13(7,8)14(9,10)12(4,5)6/h4*3-8,10-14H,1-2H2;(H,4,5,6)/t3-,4+,5-,6-,7+,8+;3*3-,4+,5-,6-,7-,8-;/m1111./s1. The van der Waals surface area contributed by atoms with E-state index < -0.39 is 165 Å². The molecular weight excluding hydrogens is 1300 g/mol. The lowest BCUT2D eigenvalue weighted by atomic mass is 10.0. The zero-order valence-corrected chi connectivity index (χ0v) is 48.8. The van der Waals surface area contributed by atoms with Crippen molar-refractivity contribution in [2.45, 2.75) is 146 Å². The molecule has 414 valence electrons. The molecule has 0 radical (unpaired) electrons. The highest BCUT2D eigenvalue weighted by molar-refractivity contribution is 14.2. The van der Waals surface area contributed by atoms with Crippen LogP contribution in [0.25, 0.3) is 0 Å². The van der Waals surface area contributed by atoms with E-state index in [1.165, 1.54) is 0 Å². The molecule has 0 aliphatic carbocycles. The lowest BCUT2D eigenvalue weighted by molar-refractivity contribution is -0.0268. The molecule has 8 saturated heterocycles. The smallest absolute Gasteiger partial charge is 0.0996 e. The largest absolute Gasteiger partial charge is 0.395 e. The van der Waals surface area contributed by atoms with Gasteiger partial charge in [-0.3, -0.25) is 19.6 Å². The first-order valence-electron chi connectivity index (χ1n) is 20.8. The van der Waals surface area contributed by atoms with E-state index in [0.29, 0.717) is 0 Å². The molecule has 38 heteroatoms. The summed E-state index contributed by atoms with van der Waals surface area (Å²) in [4.78, 5) is 6.24. The second-order valence-corrected chi connectivity index (χ2v) is 66.4. The lowest BCUT2D eigenvalue weighted by Gasteiger charge is -2.22. The molecule has 20 N–H and O–H groups in total. The van der Waals surface area contributed by atoms with Crippen LogP contribution in [0.5, 0.6) is 0 Å². The summed E-state index contributed by atoms with van der Waals surface area (Å²) in [5, 5.41) is 181. The summed E-state index contributed by atoms with van der Waals surface area (Å²) >= 11 is 47.3. The van der Waals surface area contributed by atoms with E-state index in [9.17, 15) is 81.7 Å². The van der Waals surface area contributed by atoms with Crippen molar-refractivity contribution >= 4 is 141 Å².